The molecule has 0 unspecified atom stereocenters. The van der Waals surface area contributed by atoms with Gasteiger partial charge in [-0.15, -0.1) is 0 Å². The van der Waals surface area contributed by atoms with E-state index in [1.807, 2.05) is 44.2 Å². The molecule has 0 saturated carbocycles. The van der Waals surface area contributed by atoms with E-state index in [1.54, 1.807) is 24.3 Å². The van der Waals surface area contributed by atoms with Gasteiger partial charge in [0, 0.05) is 11.1 Å². The number of nitrogens with zero attached hydrogens (tertiary/aromatic N) is 1. The van der Waals surface area contributed by atoms with Gasteiger partial charge in [0.1, 0.15) is 12.1 Å². The second-order valence-electron chi connectivity index (χ2n) is 7.58. The summed E-state index contributed by atoms with van der Waals surface area (Å²) >= 11 is 5.95. The summed E-state index contributed by atoms with van der Waals surface area (Å²) in [6.07, 6.45) is 1.96. The lowest BCUT2D eigenvalue weighted by molar-refractivity contribution is -0.135. The highest BCUT2D eigenvalue weighted by Crippen LogP contribution is 2.33. The van der Waals surface area contributed by atoms with Crippen molar-refractivity contribution in [3.63, 3.8) is 0 Å². The molecule has 0 aliphatic carbocycles. The first-order valence-corrected chi connectivity index (χ1v) is 10.5. The first-order chi connectivity index (χ1) is 14.4. The molecular weight excluding hydrogens is 402 g/mol. The standard InChI is InChI=1S/C23H26ClN3O3/c1-3-23(18-11-13-19(24)14-12-18)21(29)27(22(30)26-23)15-20(28)25-16(2)9-10-17-7-5-4-6-8-17/h4-8,11-14,16H,3,9-10,15H2,1-2H3,(H,25,28)(H,26,30)/t16-,23-/m1/s1. The number of hydrogen-bond donors (Lipinski definition) is 2. The van der Waals surface area contributed by atoms with Gasteiger partial charge >= 0.3 is 6.03 Å². The third-order valence-corrected chi connectivity index (χ3v) is 5.71. The molecule has 0 aromatic heterocycles. The first kappa shape index (κ1) is 21.8. The molecule has 1 aliphatic rings. The molecular formula is C23H26ClN3O3. The average molecular weight is 428 g/mol. The number of carbonyl (C=O) groups excluding carboxylic acids is 3. The number of halogens is 1. The van der Waals surface area contributed by atoms with E-state index in [-0.39, 0.29) is 18.5 Å². The van der Waals surface area contributed by atoms with E-state index in [9.17, 15) is 14.4 Å². The number of benzene rings is 2. The smallest absolute Gasteiger partial charge is 0.325 e. The van der Waals surface area contributed by atoms with Gasteiger partial charge in [-0.2, -0.15) is 0 Å². The SMILES string of the molecule is CC[C@]1(c2ccc(Cl)cc2)NC(=O)N(CC(=O)N[C@H](C)CCc2ccccc2)C1=O. The average Bonchev–Trinajstić information content (AvgIpc) is 2.98. The molecule has 0 bridgehead atoms. The van der Waals surface area contributed by atoms with E-state index >= 15 is 0 Å². The van der Waals surface area contributed by atoms with Gasteiger partial charge < -0.3 is 10.6 Å². The van der Waals surface area contributed by atoms with Crippen LogP contribution in [0.1, 0.15) is 37.8 Å². The number of rotatable bonds is 8. The van der Waals surface area contributed by atoms with Crippen molar-refractivity contribution in [2.45, 2.75) is 44.7 Å². The number of urea groups is 1. The molecule has 2 aromatic carbocycles. The first-order valence-electron chi connectivity index (χ1n) is 10.1. The van der Waals surface area contributed by atoms with Crippen molar-refractivity contribution in [3.8, 4) is 0 Å². The lowest BCUT2D eigenvalue weighted by atomic mass is 9.87. The zero-order chi connectivity index (χ0) is 21.7. The highest BCUT2D eigenvalue weighted by Gasteiger charge is 2.51. The van der Waals surface area contributed by atoms with Crippen LogP contribution >= 0.6 is 11.6 Å². The largest absolute Gasteiger partial charge is 0.352 e. The molecule has 0 radical (unpaired) electrons. The summed E-state index contributed by atoms with van der Waals surface area (Å²) in [4.78, 5) is 39.1. The minimum atomic E-state index is -1.18. The highest BCUT2D eigenvalue weighted by atomic mass is 35.5. The molecule has 6 nitrogen and oxygen atoms in total. The molecule has 2 N–H and O–H groups in total. The van der Waals surface area contributed by atoms with Crippen LogP contribution in [0.2, 0.25) is 5.02 Å². The molecule has 7 heteroatoms. The Hall–Kier alpha value is -2.86. The summed E-state index contributed by atoms with van der Waals surface area (Å²) in [5.41, 5.74) is 0.663. The Morgan fingerprint density at radius 1 is 1.13 bits per heavy atom. The fourth-order valence-electron chi connectivity index (χ4n) is 3.71. The second-order valence-corrected chi connectivity index (χ2v) is 8.02. The second kappa shape index (κ2) is 9.30. The van der Waals surface area contributed by atoms with Gasteiger partial charge in [0.05, 0.1) is 0 Å². The molecule has 2 aromatic rings. The topological polar surface area (TPSA) is 78.5 Å². The van der Waals surface area contributed by atoms with Gasteiger partial charge in [0.15, 0.2) is 0 Å². The Morgan fingerprint density at radius 3 is 2.43 bits per heavy atom. The summed E-state index contributed by atoms with van der Waals surface area (Å²) < 4.78 is 0. The highest BCUT2D eigenvalue weighted by molar-refractivity contribution is 6.30. The molecule has 30 heavy (non-hydrogen) atoms. The zero-order valence-electron chi connectivity index (χ0n) is 17.2. The van der Waals surface area contributed by atoms with E-state index < -0.39 is 17.5 Å². The Balaban J connectivity index is 1.61. The van der Waals surface area contributed by atoms with Gasteiger partial charge in [-0.05, 0) is 49.4 Å². The summed E-state index contributed by atoms with van der Waals surface area (Å²) in [6.45, 7) is 3.43. The quantitative estimate of drug-likeness (QED) is 0.631. The number of carbonyl (C=O) groups is 3. The van der Waals surface area contributed by atoms with Crippen molar-refractivity contribution in [2.24, 2.45) is 0 Å². The van der Waals surface area contributed by atoms with Crippen molar-refractivity contribution in [2.75, 3.05) is 6.54 Å². The van der Waals surface area contributed by atoms with Crippen LogP contribution in [0, 0.1) is 0 Å². The van der Waals surface area contributed by atoms with E-state index in [4.69, 9.17) is 11.6 Å². The van der Waals surface area contributed by atoms with Crippen LogP contribution in [0.15, 0.2) is 54.6 Å². The maximum Gasteiger partial charge on any atom is 0.325 e. The molecule has 158 valence electrons. The molecule has 2 atom stereocenters. The summed E-state index contributed by atoms with van der Waals surface area (Å²) in [7, 11) is 0. The van der Waals surface area contributed by atoms with Crippen LogP contribution in [-0.4, -0.2) is 35.3 Å². The maximum atomic E-state index is 13.1. The molecule has 4 amide bonds. The third kappa shape index (κ3) is 4.65. The fourth-order valence-corrected chi connectivity index (χ4v) is 3.83. The van der Waals surface area contributed by atoms with E-state index in [0.717, 1.165) is 17.7 Å². The predicted molar refractivity (Wildman–Crippen MR) is 116 cm³/mol. The number of nitrogens with one attached hydrogen (secondary N) is 2. The normalized spacial score (nSPS) is 19.5. The molecule has 3 rings (SSSR count). The van der Waals surface area contributed by atoms with Crippen LogP contribution < -0.4 is 10.6 Å². The van der Waals surface area contributed by atoms with Gasteiger partial charge in [-0.3, -0.25) is 14.5 Å². The molecule has 1 fully saturated rings. The zero-order valence-corrected chi connectivity index (χ0v) is 17.9. The number of hydrogen-bond acceptors (Lipinski definition) is 3. The lowest BCUT2D eigenvalue weighted by Crippen LogP contribution is -2.46. The van der Waals surface area contributed by atoms with Crippen LogP contribution in [0.4, 0.5) is 4.79 Å². The van der Waals surface area contributed by atoms with Gasteiger partial charge in [-0.1, -0.05) is 61.0 Å². The van der Waals surface area contributed by atoms with Crippen LogP contribution in [0.25, 0.3) is 0 Å². The Labute approximate surface area is 181 Å². The Morgan fingerprint density at radius 2 is 1.80 bits per heavy atom. The molecule has 1 heterocycles. The van der Waals surface area contributed by atoms with Crippen molar-refractivity contribution < 1.29 is 14.4 Å². The lowest BCUT2D eigenvalue weighted by Gasteiger charge is -2.26. The number of amides is 4. The van der Waals surface area contributed by atoms with Crippen LogP contribution in [0.5, 0.6) is 0 Å². The van der Waals surface area contributed by atoms with Crippen molar-refractivity contribution >= 4 is 29.4 Å². The monoisotopic (exact) mass is 427 g/mol. The Bertz CT molecular complexity index is 917. The van der Waals surface area contributed by atoms with E-state index in [0.29, 0.717) is 17.0 Å². The van der Waals surface area contributed by atoms with Crippen LogP contribution in [0.3, 0.4) is 0 Å². The third-order valence-electron chi connectivity index (χ3n) is 5.46. The van der Waals surface area contributed by atoms with Gasteiger partial charge in [-0.25, -0.2) is 4.79 Å². The van der Waals surface area contributed by atoms with Crippen LogP contribution in [-0.2, 0) is 21.5 Å². The fraction of sp³-hybridized carbons (Fsp3) is 0.348. The number of aryl methyl sites for hydroxylation is 1. The number of imide groups is 1. The minimum absolute atomic E-state index is 0.0781. The Kier molecular flexibility index (Phi) is 6.77. The van der Waals surface area contributed by atoms with Crippen molar-refractivity contribution in [1.82, 2.24) is 15.5 Å². The van der Waals surface area contributed by atoms with Crippen molar-refractivity contribution in [1.29, 1.82) is 0 Å². The summed E-state index contributed by atoms with van der Waals surface area (Å²) in [5, 5.41) is 6.20. The molecule has 1 saturated heterocycles. The maximum absolute atomic E-state index is 13.1. The molecule has 0 spiro atoms. The molecule has 1 aliphatic heterocycles. The minimum Gasteiger partial charge on any atom is -0.352 e. The van der Waals surface area contributed by atoms with E-state index in [2.05, 4.69) is 10.6 Å². The van der Waals surface area contributed by atoms with Gasteiger partial charge in [0.25, 0.3) is 5.91 Å². The summed E-state index contributed by atoms with van der Waals surface area (Å²) in [6, 6.07) is 16.2. The predicted octanol–water partition coefficient (Wildman–Crippen LogP) is 3.63. The van der Waals surface area contributed by atoms with Crippen molar-refractivity contribution in [3.05, 3.63) is 70.7 Å². The van der Waals surface area contributed by atoms with Gasteiger partial charge in [0.2, 0.25) is 5.91 Å². The summed E-state index contributed by atoms with van der Waals surface area (Å²) in [5.74, 6) is -0.786. The van der Waals surface area contributed by atoms with E-state index in [1.165, 1.54) is 5.56 Å².